The molecule has 23 heavy (non-hydrogen) atoms. The maximum atomic E-state index is 12.6. The van der Waals surface area contributed by atoms with Crippen LogP contribution in [0.15, 0.2) is 30.3 Å². The monoisotopic (exact) mass is 317 g/mol. The first-order valence-corrected chi connectivity index (χ1v) is 7.75. The van der Waals surface area contributed by atoms with E-state index in [1.54, 1.807) is 18.9 Å². The molecule has 1 aromatic carbocycles. The van der Waals surface area contributed by atoms with E-state index in [1.165, 1.54) is 6.92 Å². The summed E-state index contributed by atoms with van der Waals surface area (Å²) in [5.74, 6) is -0.665. The summed E-state index contributed by atoms with van der Waals surface area (Å²) in [6.45, 7) is 3.53. The van der Waals surface area contributed by atoms with Crippen molar-refractivity contribution < 1.29 is 14.4 Å². The summed E-state index contributed by atoms with van der Waals surface area (Å²) in [5, 5.41) is 5.26. The number of hydrogen-bond donors (Lipinski definition) is 2. The van der Waals surface area contributed by atoms with Gasteiger partial charge in [-0.3, -0.25) is 14.4 Å². The van der Waals surface area contributed by atoms with Crippen molar-refractivity contribution in [3.8, 4) is 0 Å². The summed E-state index contributed by atoms with van der Waals surface area (Å²) in [6, 6.07) is 8.99. The first kappa shape index (κ1) is 17.0. The molecule has 1 unspecified atom stereocenters. The van der Waals surface area contributed by atoms with E-state index in [2.05, 4.69) is 10.6 Å². The minimum atomic E-state index is -0.875. The Morgan fingerprint density at radius 1 is 1.26 bits per heavy atom. The van der Waals surface area contributed by atoms with Crippen LogP contribution in [0.3, 0.4) is 0 Å². The lowest BCUT2D eigenvalue weighted by atomic mass is 9.77. The molecule has 0 aliphatic carbocycles. The lowest BCUT2D eigenvalue weighted by Gasteiger charge is -2.52. The third-order valence-electron chi connectivity index (χ3n) is 4.31. The predicted molar refractivity (Wildman–Crippen MR) is 86.6 cm³/mol. The molecule has 6 heteroatoms. The van der Waals surface area contributed by atoms with Crippen LogP contribution < -0.4 is 10.6 Å². The Hall–Kier alpha value is -2.37. The number of likely N-dealkylation sites (N-methyl/N-ethyl adjacent to an activating group) is 1. The zero-order valence-corrected chi connectivity index (χ0v) is 13.8. The van der Waals surface area contributed by atoms with Gasteiger partial charge in [0, 0.05) is 26.9 Å². The smallest absolute Gasteiger partial charge is 0.246 e. The number of hydrogen-bond acceptors (Lipinski definition) is 3. The van der Waals surface area contributed by atoms with Gasteiger partial charge in [0.15, 0.2) is 0 Å². The molecule has 6 nitrogen and oxygen atoms in total. The van der Waals surface area contributed by atoms with Gasteiger partial charge in [-0.15, -0.1) is 0 Å². The average Bonchev–Trinajstić information content (AvgIpc) is 2.51. The van der Waals surface area contributed by atoms with Crippen LogP contribution in [0.2, 0.25) is 0 Å². The lowest BCUT2D eigenvalue weighted by Crippen LogP contribution is -2.71. The van der Waals surface area contributed by atoms with E-state index in [9.17, 15) is 14.4 Å². The summed E-state index contributed by atoms with van der Waals surface area (Å²) in [7, 11) is 1.58. The molecule has 0 spiro atoms. The van der Waals surface area contributed by atoms with Crippen molar-refractivity contribution >= 4 is 17.7 Å². The molecule has 0 saturated carbocycles. The van der Waals surface area contributed by atoms with Crippen molar-refractivity contribution in [3.63, 3.8) is 0 Å². The highest BCUT2D eigenvalue weighted by atomic mass is 16.2. The van der Waals surface area contributed by atoms with Crippen molar-refractivity contribution in [3.05, 3.63) is 35.9 Å². The maximum absolute atomic E-state index is 12.6. The second-order valence-corrected chi connectivity index (χ2v) is 5.94. The molecule has 2 N–H and O–H groups in total. The van der Waals surface area contributed by atoms with Crippen LogP contribution in [0, 0.1) is 0 Å². The fourth-order valence-corrected chi connectivity index (χ4v) is 3.08. The van der Waals surface area contributed by atoms with Crippen molar-refractivity contribution in [2.24, 2.45) is 0 Å². The fraction of sp³-hybridized carbons (Fsp3) is 0.471. The summed E-state index contributed by atoms with van der Waals surface area (Å²) < 4.78 is 0. The van der Waals surface area contributed by atoms with Crippen LogP contribution >= 0.6 is 0 Å². The Balaban J connectivity index is 2.23. The van der Waals surface area contributed by atoms with Gasteiger partial charge in [0.25, 0.3) is 0 Å². The minimum Gasteiger partial charge on any atom is -0.357 e. The number of benzene rings is 1. The highest BCUT2D eigenvalue weighted by molar-refractivity contribution is 5.96. The zero-order valence-electron chi connectivity index (χ0n) is 13.8. The number of amides is 3. The molecule has 1 saturated heterocycles. The Bertz CT molecular complexity index is 602. The molecule has 124 valence electrons. The van der Waals surface area contributed by atoms with E-state index >= 15 is 0 Å². The molecule has 2 atom stereocenters. The van der Waals surface area contributed by atoms with Gasteiger partial charge >= 0.3 is 0 Å². The molecule has 2 rings (SSSR count). The quantitative estimate of drug-likeness (QED) is 0.829. The van der Waals surface area contributed by atoms with E-state index in [-0.39, 0.29) is 17.7 Å². The highest BCUT2D eigenvalue weighted by Crippen LogP contribution is 2.35. The van der Waals surface area contributed by atoms with E-state index in [0.29, 0.717) is 19.4 Å². The lowest BCUT2D eigenvalue weighted by molar-refractivity contribution is -0.160. The highest BCUT2D eigenvalue weighted by Gasteiger charge is 2.53. The van der Waals surface area contributed by atoms with Crippen LogP contribution in [0.5, 0.6) is 0 Å². The van der Waals surface area contributed by atoms with Crippen molar-refractivity contribution in [1.29, 1.82) is 0 Å². The fourth-order valence-electron chi connectivity index (χ4n) is 3.08. The minimum absolute atomic E-state index is 0.170. The Labute approximate surface area is 136 Å². The Morgan fingerprint density at radius 2 is 1.91 bits per heavy atom. The molecule has 1 aliphatic heterocycles. The SMILES string of the molecule is CNC(=O)C1(Cc2ccccc2)CCN1C(=O)[C@H](C)NC(C)=O. The molecule has 0 radical (unpaired) electrons. The Morgan fingerprint density at radius 3 is 2.39 bits per heavy atom. The number of nitrogens with zero attached hydrogens (tertiary/aromatic N) is 1. The van der Waals surface area contributed by atoms with Crippen LogP contribution in [-0.2, 0) is 20.8 Å². The third kappa shape index (κ3) is 3.36. The van der Waals surface area contributed by atoms with Crippen molar-refractivity contribution in [2.45, 2.75) is 38.3 Å². The maximum Gasteiger partial charge on any atom is 0.246 e. The number of carbonyl (C=O) groups is 3. The zero-order chi connectivity index (χ0) is 17.0. The number of nitrogens with one attached hydrogen (secondary N) is 2. The number of rotatable bonds is 5. The first-order valence-electron chi connectivity index (χ1n) is 7.75. The van der Waals surface area contributed by atoms with Crippen LogP contribution in [0.4, 0.5) is 0 Å². The van der Waals surface area contributed by atoms with E-state index < -0.39 is 11.6 Å². The summed E-state index contributed by atoms with van der Waals surface area (Å²) >= 11 is 0. The summed E-state index contributed by atoms with van der Waals surface area (Å²) in [4.78, 5) is 37.9. The largest absolute Gasteiger partial charge is 0.357 e. The number of likely N-dealkylation sites (tertiary alicyclic amines) is 1. The summed E-state index contributed by atoms with van der Waals surface area (Å²) in [5.41, 5.74) is 0.126. The first-order chi connectivity index (χ1) is 10.9. The van der Waals surface area contributed by atoms with Crippen molar-refractivity contribution in [1.82, 2.24) is 15.5 Å². The molecule has 1 fully saturated rings. The Kier molecular flexibility index (Phi) is 5.03. The number of carbonyl (C=O) groups excluding carboxylic acids is 3. The predicted octanol–water partition coefficient (Wildman–Crippen LogP) is 0.471. The van der Waals surface area contributed by atoms with Crippen LogP contribution in [0.25, 0.3) is 0 Å². The molecule has 1 heterocycles. The van der Waals surface area contributed by atoms with Gasteiger partial charge in [0.1, 0.15) is 11.6 Å². The topological polar surface area (TPSA) is 78.5 Å². The average molecular weight is 317 g/mol. The van der Waals surface area contributed by atoms with Gasteiger partial charge < -0.3 is 15.5 Å². The second-order valence-electron chi connectivity index (χ2n) is 5.94. The van der Waals surface area contributed by atoms with E-state index in [4.69, 9.17) is 0 Å². The summed E-state index contributed by atoms with van der Waals surface area (Å²) in [6.07, 6.45) is 1.08. The third-order valence-corrected chi connectivity index (χ3v) is 4.31. The molecule has 0 aromatic heterocycles. The van der Waals surface area contributed by atoms with Gasteiger partial charge in [-0.2, -0.15) is 0 Å². The molecular formula is C17H23N3O3. The van der Waals surface area contributed by atoms with Gasteiger partial charge in [0.05, 0.1) is 0 Å². The standard InChI is InChI=1S/C17H23N3O3/c1-12(19-13(2)21)15(22)20-10-9-17(20,16(23)18-3)11-14-7-5-4-6-8-14/h4-8,12H,9-11H2,1-3H3,(H,18,23)(H,19,21)/t12-,17?/m0/s1. The molecule has 1 aliphatic rings. The van der Waals surface area contributed by atoms with Gasteiger partial charge in [-0.1, -0.05) is 30.3 Å². The van der Waals surface area contributed by atoms with Gasteiger partial charge in [-0.25, -0.2) is 0 Å². The van der Waals surface area contributed by atoms with Gasteiger partial charge in [-0.05, 0) is 18.9 Å². The molecule has 1 aromatic rings. The van der Waals surface area contributed by atoms with Crippen LogP contribution in [-0.4, -0.2) is 47.8 Å². The normalized spacial score (nSPS) is 21.1. The van der Waals surface area contributed by atoms with Crippen LogP contribution in [0.1, 0.15) is 25.8 Å². The molecule has 3 amide bonds. The van der Waals surface area contributed by atoms with E-state index in [0.717, 1.165) is 5.56 Å². The second kappa shape index (κ2) is 6.81. The van der Waals surface area contributed by atoms with Gasteiger partial charge in [0.2, 0.25) is 17.7 Å². The van der Waals surface area contributed by atoms with Crippen molar-refractivity contribution in [2.75, 3.05) is 13.6 Å². The van der Waals surface area contributed by atoms with E-state index in [1.807, 2.05) is 30.3 Å². The molecule has 0 bridgehead atoms. The molecular weight excluding hydrogens is 294 g/mol.